The van der Waals surface area contributed by atoms with Crippen LogP contribution in [-0.2, 0) is 6.42 Å². The van der Waals surface area contributed by atoms with Crippen molar-refractivity contribution >= 4 is 23.2 Å². The summed E-state index contributed by atoms with van der Waals surface area (Å²) in [5.41, 5.74) is 6.45. The first-order valence-corrected chi connectivity index (χ1v) is 6.47. The van der Waals surface area contributed by atoms with Gasteiger partial charge in [0.25, 0.3) is 5.91 Å². The van der Waals surface area contributed by atoms with E-state index in [1.165, 1.54) is 24.4 Å². The molecule has 21 heavy (non-hydrogen) atoms. The number of carbonyl (C=O) groups excluding carboxylic acids is 1. The highest BCUT2D eigenvalue weighted by Gasteiger charge is 2.11. The lowest BCUT2D eigenvalue weighted by molar-refractivity contribution is 0.0954. The summed E-state index contributed by atoms with van der Waals surface area (Å²) in [4.78, 5) is 15.7. The highest BCUT2D eigenvalue weighted by Crippen LogP contribution is 2.15. The third-order valence-corrected chi connectivity index (χ3v) is 3.03. The molecule has 0 aliphatic heterocycles. The van der Waals surface area contributed by atoms with Gasteiger partial charge in [0.2, 0.25) is 0 Å². The second-order valence-corrected chi connectivity index (χ2v) is 4.75. The van der Waals surface area contributed by atoms with Crippen LogP contribution < -0.4 is 11.1 Å². The SMILES string of the molecule is Nc1cnc(Cl)c(C(=O)NCCc2cc(F)cc(F)c2)c1. The highest BCUT2D eigenvalue weighted by atomic mass is 35.5. The van der Waals surface area contributed by atoms with Crippen LogP contribution in [-0.4, -0.2) is 17.4 Å². The van der Waals surface area contributed by atoms with Crippen molar-refractivity contribution in [3.63, 3.8) is 0 Å². The number of hydrogen-bond acceptors (Lipinski definition) is 3. The molecule has 0 saturated heterocycles. The number of nitrogen functional groups attached to an aromatic ring is 1. The van der Waals surface area contributed by atoms with Crippen molar-refractivity contribution in [3.05, 3.63) is 58.4 Å². The Bertz CT molecular complexity index is 659. The van der Waals surface area contributed by atoms with Crippen LogP contribution in [0.1, 0.15) is 15.9 Å². The second-order valence-electron chi connectivity index (χ2n) is 4.39. The zero-order chi connectivity index (χ0) is 15.4. The van der Waals surface area contributed by atoms with Gasteiger partial charge in [-0.25, -0.2) is 13.8 Å². The Balaban J connectivity index is 1.96. The zero-order valence-electron chi connectivity index (χ0n) is 10.9. The maximum Gasteiger partial charge on any atom is 0.254 e. The summed E-state index contributed by atoms with van der Waals surface area (Å²) in [6, 6.07) is 4.63. The monoisotopic (exact) mass is 311 g/mol. The van der Waals surface area contributed by atoms with Crippen LogP contribution in [0.15, 0.2) is 30.5 Å². The summed E-state index contributed by atoms with van der Waals surface area (Å²) in [7, 11) is 0. The molecule has 4 nitrogen and oxygen atoms in total. The molecule has 0 radical (unpaired) electrons. The van der Waals surface area contributed by atoms with Crippen molar-refractivity contribution < 1.29 is 13.6 Å². The Morgan fingerprint density at radius 2 is 1.90 bits per heavy atom. The lowest BCUT2D eigenvalue weighted by atomic mass is 10.1. The van der Waals surface area contributed by atoms with E-state index < -0.39 is 17.5 Å². The topological polar surface area (TPSA) is 68.0 Å². The van der Waals surface area contributed by atoms with Crippen LogP contribution in [0.5, 0.6) is 0 Å². The number of aromatic nitrogens is 1. The number of nitrogens with zero attached hydrogens (tertiary/aromatic N) is 1. The van der Waals surface area contributed by atoms with Crippen LogP contribution in [0.4, 0.5) is 14.5 Å². The molecule has 1 aromatic heterocycles. The summed E-state index contributed by atoms with van der Waals surface area (Å²) < 4.78 is 26.0. The first-order valence-electron chi connectivity index (χ1n) is 6.10. The number of pyridine rings is 1. The number of nitrogens with one attached hydrogen (secondary N) is 1. The molecule has 3 N–H and O–H groups in total. The van der Waals surface area contributed by atoms with Crippen molar-refractivity contribution in [2.45, 2.75) is 6.42 Å². The number of hydrogen-bond donors (Lipinski definition) is 2. The Kier molecular flexibility index (Phi) is 4.70. The molecule has 1 heterocycles. The first kappa shape index (κ1) is 15.2. The third-order valence-electron chi connectivity index (χ3n) is 2.73. The van der Waals surface area contributed by atoms with Crippen molar-refractivity contribution in [3.8, 4) is 0 Å². The number of rotatable bonds is 4. The molecule has 0 bridgehead atoms. The zero-order valence-corrected chi connectivity index (χ0v) is 11.6. The second kappa shape index (κ2) is 6.49. The molecule has 1 aromatic carbocycles. The van der Waals surface area contributed by atoms with E-state index in [9.17, 15) is 13.6 Å². The maximum absolute atomic E-state index is 13.0. The van der Waals surface area contributed by atoms with Gasteiger partial charge in [0.15, 0.2) is 0 Å². The number of benzene rings is 1. The molecule has 0 aliphatic rings. The molecule has 0 fully saturated rings. The van der Waals surface area contributed by atoms with Crippen LogP contribution in [0.2, 0.25) is 5.15 Å². The Morgan fingerprint density at radius 1 is 1.24 bits per heavy atom. The summed E-state index contributed by atoms with van der Waals surface area (Å²) in [5.74, 6) is -1.75. The Hall–Kier alpha value is -2.21. The predicted octanol–water partition coefficient (Wildman–Crippen LogP) is 2.57. The lowest BCUT2D eigenvalue weighted by Gasteiger charge is -2.07. The normalized spacial score (nSPS) is 10.4. The van der Waals surface area contributed by atoms with E-state index in [1.54, 1.807) is 0 Å². The van der Waals surface area contributed by atoms with E-state index in [2.05, 4.69) is 10.3 Å². The highest BCUT2D eigenvalue weighted by molar-refractivity contribution is 6.32. The van der Waals surface area contributed by atoms with Crippen LogP contribution >= 0.6 is 11.6 Å². The van der Waals surface area contributed by atoms with Crippen LogP contribution in [0.25, 0.3) is 0 Å². The minimum Gasteiger partial charge on any atom is -0.397 e. The molecule has 2 aromatic rings. The molecule has 0 spiro atoms. The standard InChI is InChI=1S/C14H12ClF2N3O/c15-13-12(6-11(18)7-20-13)14(21)19-2-1-8-3-9(16)5-10(17)4-8/h3-7H,1-2,18H2,(H,19,21). The van der Waals surface area contributed by atoms with Gasteiger partial charge in [-0.05, 0) is 30.2 Å². The molecule has 2 rings (SSSR count). The van der Waals surface area contributed by atoms with Gasteiger partial charge < -0.3 is 11.1 Å². The minimum absolute atomic E-state index is 0.0403. The van der Waals surface area contributed by atoms with Gasteiger partial charge in [0.1, 0.15) is 16.8 Å². The summed E-state index contributed by atoms with van der Waals surface area (Å²) in [5, 5.41) is 2.63. The minimum atomic E-state index is -0.653. The average Bonchev–Trinajstić information content (AvgIpc) is 2.40. The maximum atomic E-state index is 13.0. The molecular formula is C14H12ClF2N3O. The van der Waals surface area contributed by atoms with E-state index in [-0.39, 0.29) is 23.7 Å². The fraction of sp³-hybridized carbons (Fsp3) is 0.143. The van der Waals surface area contributed by atoms with Gasteiger partial charge in [0.05, 0.1) is 17.4 Å². The largest absolute Gasteiger partial charge is 0.397 e. The Morgan fingerprint density at radius 3 is 2.57 bits per heavy atom. The third kappa shape index (κ3) is 4.13. The van der Waals surface area contributed by atoms with E-state index in [0.29, 0.717) is 11.3 Å². The van der Waals surface area contributed by atoms with E-state index in [4.69, 9.17) is 17.3 Å². The Labute approximate surface area is 124 Å². The van der Waals surface area contributed by atoms with Gasteiger partial charge in [-0.3, -0.25) is 4.79 Å². The van der Waals surface area contributed by atoms with Crippen molar-refractivity contribution in [1.29, 1.82) is 0 Å². The van der Waals surface area contributed by atoms with E-state index in [0.717, 1.165) is 6.07 Å². The number of amides is 1. The fourth-order valence-electron chi connectivity index (χ4n) is 1.79. The van der Waals surface area contributed by atoms with Gasteiger partial charge in [-0.2, -0.15) is 0 Å². The average molecular weight is 312 g/mol. The molecule has 0 unspecified atom stereocenters. The van der Waals surface area contributed by atoms with Gasteiger partial charge >= 0.3 is 0 Å². The molecule has 0 saturated carbocycles. The quantitative estimate of drug-likeness (QED) is 0.853. The van der Waals surface area contributed by atoms with E-state index in [1.807, 2.05) is 0 Å². The number of carbonyl (C=O) groups is 1. The fourth-order valence-corrected chi connectivity index (χ4v) is 1.98. The van der Waals surface area contributed by atoms with Gasteiger partial charge in [0, 0.05) is 12.6 Å². The van der Waals surface area contributed by atoms with Gasteiger partial charge in [-0.15, -0.1) is 0 Å². The molecule has 0 atom stereocenters. The molecule has 7 heteroatoms. The van der Waals surface area contributed by atoms with Crippen molar-refractivity contribution in [2.24, 2.45) is 0 Å². The van der Waals surface area contributed by atoms with Crippen LogP contribution in [0.3, 0.4) is 0 Å². The van der Waals surface area contributed by atoms with Crippen LogP contribution in [0, 0.1) is 11.6 Å². The van der Waals surface area contributed by atoms with E-state index >= 15 is 0 Å². The molecule has 0 aliphatic carbocycles. The smallest absolute Gasteiger partial charge is 0.254 e. The number of anilines is 1. The first-order chi connectivity index (χ1) is 9.95. The van der Waals surface area contributed by atoms with Crippen molar-refractivity contribution in [1.82, 2.24) is 10.3 Å². The van der Waals surface area contributed by atoms with Gasteiger partial charge in [-0.1, -0.05) is 11.6 Å². The number of halogens is 3. The van der Waals surface area contributed by atoms with Crippen molar-refractivity contribution in [2.75, 3.05) is 12.3 Å². The molecule has 1 amide bonds. The molecular weight excluding hydrogens is 300 g/mol. The summed E-state index contributed by atoms with van der Waals surface area (Å²) in [6.07, 6.45) is 1.63. The summed E-state index contributed by atoms with van der Waals surface area (Å²) in [6.45, 7) is 0.201. The lowest BCUT2D eigenvalue weighted by Crippen LogP contribution is -2.26. The summed E-state index contributed by atoms with van der Waals surface area (Å²) >= 11 is 5.80. The predicted molar refractivity (Wildman–Crippen MR) is 76.1 cm³/mol. The number of nitrogens with two attached hydrogens (primary N) is 1. The molecule has 110 valence electrons.